The Kier molecular flexibility index (Phi) is 3.59. The Morgan fingerprint density at radius 2 is 1.80 bits per heavy atom. The van der Waals surface area contributed by atoms with Crippen molar-refractivity contribution in [3.05, 3.63) is 35.6 Å². The van der Waals surface area contributed by atoms with Crippen LogP contribution in [0.5, 0.6) is 0 Å². The highest BCUT2D eigenvalue weighted by Gasteiger charge is 2.49. The molecule has 1 N–H and O–H groups in total. The number of methoxy groups -OCH3 is 1. The van der Waals surface area contributed by atoms with Crippen LogP contribution < -0.4 is 5.32 Å². The van der Waals surface area contributed by atoms with Gasteiger partial charge in [0.2, 0.25) is 0 Å². The fourth-order valence-electron chi connectivity index (χ4n) is 3.61. The molecule has 2 atom stereocenters. The fraction of sp³-hybridized carbons (Fsp3) is 0.647. The van der Waals surface area contributed by atoms with Crippen LogP contribution in [0.1, 0.15) is 44.6 Å². The Morgan fingerprint density at radius 1 is 1.15 bits per heavy atom. The summed E-state index contributed by atoms with van der Waals surface area (Å²) in [6, 6.07) is 8.14. The fourth-order valence-corrected chi connectivity index (χ4v) is 3.61. The highest BCUT2D eigenvalue weighted by atomic mass is 19.1. The van der Waals surface area contributed by atoms with Gasteiger partial charge in [-0.3, -0.25) is 0 Å². The van der Waals surface area contributed by atoms with Gasteiger partial charge in [0.25, 0.3) is 0 Å². The molecule has 0 radical (unpaired) electrons. The topological polar surface area (TPSA) is 21.3 Å². The van der Waals surface area contributed by atoms with E-state index in [-0.39, 0.29) is 11.2 Å². The van der Waals surface area contributed by atoms with Crippen molar-refractivity contribution in [3.63, 3.8) is 0 Å². The van der Waals surface area contributed by atoms with E-state index < -0.39 is 0 Å². The molecule has 0 amide bonds. The van der Waals surface area contributed by atoms with Crippen LogP contribution in [0.2, 0.25) is 0 Å². The Hall–Kier alpha value is -0.930. The molecule has 3 heteroatoms. The van der Waals surface area contributed by atoms with Crippen molar-refractivity contribution < 1.29 is 9.13 Å². The van der Waals surface area contributed by atoms with Crippen LogP contribution in [0.3, 0.4) is 0 Å². The lowest BCUT2D eigenvalue weighted by molar-refractivity contribution is -0.103. The van der Waals surface area contributed by atoms with Gasteiger partial charge in [-0.15, -0.1) is 0 Å². The van der Waals surface area contributed by atoms with Crippen LogP contribution in [0, 0.1) is 11.2 Å². The molecule has 0 aromatic heterocycles. The molecular formula is C17H24FNO. The molecule has 110 valence electrons. The number of rotatable bonds is 4. The molecule has 2 aliphatic carbocycles. The molecule has 2 nitrogen and oxygen atoms in total. The average Bonchev–Trinajstić information content (AvgIpc) is 2.37. The zero-order valence-electron chi connectivity index (χ0n) is 12.5. The number of halogens is 1. The van der Waals surface area contributed by atoms with Crippen molar-refractivity contribution >= 4 is 0 Å². The van der Waals surface area contributed by atoms with Gasteiger partial charge in [-0.1, -0.05) is 26.0 Å². The maximum atomic E-state index is 12.9. The molecule has 0 saturated heterocycles. The Bertz CT molecular complexity index is 464. The van der Waals surface area contributed by atoms with Crippen LogP contribution in [-0.2, 0) is 4.74 Å². The van der Waals surface area contributed by atoms with Crippen LogP contribution in [-0.4, -0.2) is 25.3 Å². The van der Waals surface area contributed by atoms with Gasteiger partial charge < -0.3 is 10.1 Å². The molecule has 20 heavy (non-hydrogen) atoms. The van der Waals surface area contributed by atoms with Gasteiger partial charge >= 0.3 is 0 Å². The summed E-state index contributed by atoms with van der Waals surface area (Å²) in [7, 11) is 1.80. The molecule has 2 saturated carbocycles. The van der Waals surface area contributed by atoms with Gasteiger partial charge in [0.05, 0.1) is 6.10 Å². The van der Waals surface area contributed by atoms with E-state index in [1.165, 1.54) is 5.56 Å². The number of ether oxygens (including phenoxy) is 1. The van der Waals surface area contributed by atoms with Gasteiger partial charge in [0, 0.05) is 24.6 Å². The van der Waals surface area contributed by atoms with E-state index in [4.69, 9.17) is 4.74 Å². The van der Waals surface area contributed by atoms with Gasteiger partial charge in [-0.05, 0) is 42.9 Å². The van der Waals surface area contributed by atoms with E-state index in [2.05, 4.69) is 19.2 Å². The summed E-state index contributed by atoms with van der Waals surface area (Å²) >= 11 is 0. The third-order valence-corrected chi connectivity index (χ3v) is 5.38. The lowest BCUT2D eigenvalue weighted by Gasteiger charge is -2.54. The van der Waals surface area contributed by atoms with Crippen LogP contribution >= 0.6 is 0 Å². The minimum atomic E-state index is -0.149. The van der Waals surface area contributed by atoms with Crippen molar-refractivity contribution in [1.29, 1.82) is 0 Å². The smallest absolute Gasteiger partial charge is 0.123 e. The van der Waals surface area contributed by atoms with Crippen molar-refractivity contribution in [1.82, 2.24) is 5.32 Å². The normalized spacial score (nSPS) is 35.2. The first kappa shape index (κ1) is 14.0. The van der Waals surface area contributed by atoms with E-state index in [0.29, 0.717) is 24.1 Å². The second-order valence-corrected chi connectivity index (χ2v) is 6.92. The van der Waals surface area contributed by atoms with Gasteiger partial charge in [-0.25, -0.2) is 4.39 Å². The van der Waals surface area contributed by atoms with E-state index >= 15 is 0 Å². The van der Waals surface area contributed by atoms with E-state index in [0.717, 1.165) is 19.3 Å². The largest absolute Gasteiger partial charge is 0.381 e. The maximum absolute atomic E-state index is 12.9. The Balaban J connectivity index is 1.48. The molecule has 0 spiro atoms. The summed E-state index contributed by atoms with van der Waals surface area (Å²) < 4.78 is 18.4. The monoisotopic (exact) mass is 277 g/mol. The van der Waals surface area contributed by atoms with Crippen LogP contribution in [0.25, 0.3) is 0 Å². The third kappa shape index (κ3) is 2.38. The first-order valence-electron chi connectivity index (χ1n) is 7.55. The number of benzene rings is 1. The second-order valence-electron chi connectivity index (χ2n) is 6.92. The molecule has 3 rings (SSSR count). The van der Waals surface area contributed by atoms with E-state index in [1.54, 1.807) is 19.2 Å². The van der Waals surface area contributed by atoms with Gasteiger partial charge in [0.1, 0.15) is 5.82 Å². The predicted octanol–water partition coefficient (Wildman–Crippen LogP) is 3.47. The Labute approximate surface area is 120 Å². The zero-order valence-corrected chi connectivity index (χ0v) is 12.5. The quantitative estimate of drug-likeness (QED) is 0.910. The molecule has 2 aliphatic rings. The van der Waals surface area contributed by atoms with E-state index in [9.17, 15) is 4.39 Å². The van der Waals surface area contributed by atoms with Gasteiger partial charge in [-0.2, -0.15) is 0 Å². The minimum Gasteiger partial charge on any atom is -0.381 e. The highest BCUT2D eigenvalue weighted by molar-refractivity contribution is 5.23. The lowest BCUT2D eigenvalue weighted by Crippen LogP contribution is -2.63. The first-order valence-corrected chi connectivity index (χ1v) is 7.55. The van der Waals surface area contributed by atoms with Gasteiger partial charge in [0.15, 0.2) is 0 Å². The molecule has 1 aromatic rings. The third-order valence-electron chi connectivity index (χ3n) is 5.38. The average molecular weight is 277 g/mol. The summed E-state index contributed by atoms with van der Waals surface area (Å²) in [5.41, 5.74) is 1.50. The maximum Gasteiger partial charge on any atom is 0.123 e. The summed E-state index contributed by atoms with van der Waals surface area (Å²) in [5.74, 6) is 0.444. The first-order chi connectivity index (χ1) is 9.50. The molecule has 0 aliphatic heterocycles. The SMILES string of the molecule is COC1CC(NC2CC(c3ccc(F)cc3)C2)C1(C)C. The molecular weight excluding hydrogens is 253 g/mol. The second kappa shape index (κ2) is 5.12. The van der Waals surface area contributed by atoms with Crippen LogP contribution in [0.15, 0.2) is 24.3 Å². The molecule has 2 fully saturated rings. The summed E-state index contributed by atoms with van der Waals surface area (Å²) in [5, 5.41) is 3.76. The van der Waals surface area contributed by atoms with Crippen molar-refractivity contribution in [2.24, 2.45) is 5.41 Å². The highest BCUT2D eigenvalue weighted by Crippen LogP contribution is 2.45. The van der Waals surface area contributed by atoms with Crippen molar-refractivity contribution in [2.45, 2.75) is 57.2 Å². The molecule has 1 aromatic carbocycles. The number of nitrogens with one attached hydrogen (secondary N) is 1. The minimum absolute atomic E-state index is 0.149. The van der Waals surface area contributed by atoms with Crippen molar-refractivity contribution in [3.8, 4) is 0 Å². The molecule has 2 unspecified atom stereocenters. The lowest BCUT2D eigenvalue weighted by atomic mass is 9.63. The summed E-state index contributed by atoms with van der Waals surface area (Å²) in [6.45, 7) is 4.55. The van der Waals surface area contributed by atoms with E-state index in [1.807, 2.05) is 12.1 Å². The Morgan fingerprint density at radius 3 is 2.35 bits per heavy atom. The standard InChI is InChI=1S/C17H24FNO/c1-17(2)15(10-16(17)20-3)19-14-8-12(9-14)11-4-6-13(18)7-5-11/h4-7,12,14-16,19H,8-10H2,1-3H3. The summed E-state index contributed by atoms with van der Waals surface area (Å²) in [6.07, 6.45) is 3.82. The molecule has 0 bridgehead atoms. The zero-order chi connectivity index (χ0) is 14.3. The van der Waals surface area contributed by atoms with Crippen LogP contribution in [0.4, 0.5) is 4.39 Å². The number of hydrogen-bond donors (Lipinski definition) is 1. The summed E-state index contributed by atoms with van der Waals surface area (Å²) in [4.78, 5) is 0. The molecule has 0 heterocycles. The van der Waals surface area contributed by atoms with Crippen molar-refractivity contribution in [2.75, 3.05) is 7.11 Å². The predicted molar refractivity (Wildman–Crippen MR) is 78.3 cm³/mol. The number of hydrogen-bond acceptors (Lipinski definition) is 2.